The zero-order chi connectivity index (χ0) is 14.1. The van der Waals surface area contributed by atoms with E-state index in [9.17, 15) is 5.11 Å². The average Bonchev–Trinajstić information content (AvgIpc) is 2.40. The Kier molecular flexibility index (Phi) is 7.48. The van der Waals surface area contributed by atoms with Gasteiger partial charge >= 0.3 is 0 Å². The molecule has 0 aliphatic rings. The molecule has 1 atom stereocenters. The molecule has 0 fully saturated rings. The molecule has 1 aromatic carbocycles. The second kappa shape index (κ2) is 8.91. The summed E-state index contributed by atoms with van der Waals surface area (Å²) in [7, 11) is 0. The molecular formula is C15H25NO3. The van der Waals surface area contributed by atoms with E-state index >= 15 is 0 Å². The highest BCUT2D eigenvalue weighted by Gasteiger charge is 2.21. The van der Waals surface area contributed by atoms with Crippen LogP contribution < -0.4 is 5.32 Å². The number of phenolic OH excluding ortho intramolecular Hbond substituents is 1. The highest BCUT2D eigenvalue weighted by Crippen LogP contribution is 2.14. The lowest BCUT2D eigenvalue weighted by atomic mass is 10.1. The molecule has 2 N–H and O–H groups in total. The van der Waals surface area contributed by atoms with Gasteiger partial charge in [0, 0.05) is 13.2 Å². The van der Waals surface area contributed by atoms with Crippen molar-refractivity contribution in [3.8, 4) is 5.75 Å². The highest BCUT2D eigenvalue weighted by molar-refractivity contribution is 5.26. The van der Waals surface area contributed by atoms with Gasteiger partial charge in [-0.2, -0.15) is 0 Å². The lowest BCUT2D eigenvalue weighted by molar-refractivity contribution is -0.153. The summed E-state index contributed by atoms with van der Waals surface area (Å²) in [5, 5.41) is 12.7. The van der Waals surface area contributed by atoms with E-state index in [1.165, 1.54) is 0 Å². The molecule has 0 saturated carbocycles. The highest BCUT2D eigenvalue weighted by atomic mass is 16.7. The fourth-order valence-electron chi connectivity index (χ4n) is 2.02. The van der Waals surface area contributed by atoms with Gasteiger partial charge in [-0.05, 0) is 44.5 Å². The second-order valence-electron chi connectivity index (χ2n) is 4.31. The monoisotopic (exact) mass is 267 g/mol. The lowest BCUT2D eigenvalue weighted by Gasteiger charge is -2.27. The van der Waals surface area contributed by atoms with Gasteiger partial charge in [0.25, 0.3) is 0 Å². The van der Waals surface area contributed by atoms with Crippen molar-refractivity contribution in [2.75, 3.05) is 19.8 Å². The molecular weight excluding hydrogens is 242 g/mol. The summed E-state index contributed by atoms with van der Waals surface area (Å²) in [6.45, 7) is 8.12. The molecule has 0 spiro atoms. The topological polar surface area (TPSA) is 50.7 Å². The van der Waals surface area contributed by atoms with Gasteiger partial charge in [-0.15, -0.1) is 0 Å². The van der Waals surface area contributed by atoms with Crippen LogP contribution in [0.15, 0.2) is 24.3 Å². The van der Waals surface area contributed by atoms with E-state index in [-0.39, 0.29) is 18.1 Å². The third-order valence-electron chi connectivity index (χ3n) is 2.85. The SMILES string of the molecule is CCNC(Cc1ccc(O)cc1)C(OCC)OCC. The molecule has 1 aromatic rings. The average molecular weight is 267 g/mol. The molecule has 0 aliphatic heterocycles. The van der Waals surface area contributed by atoms with Crippen molar-refractivity contribution in [2.24, 2.45) is 0 Å². The molecule has 0 amide bonds. The van der Waals surface area contributed by atoms with Crippen LogP contribution in [-0.2, 0) is 15.9 Å². The summed E-state index contributed by atoms with van der Waals surface area (Å²) in [5.41, 5.74) is 1.15. The first-order valence-electron chi connectivity index (χ1n) is 6.95. The van der Waals surface area contributed by atoms with Crippen molar-refractivity contribution in [3.05, 3.63) is 29.8 Å². The lowest BCUT2D eigenvalue weighted by Crippen LogP contribution is -2.44. The van der Waals surface area contributed by atoms with Crippen LogP contribution in [0.5, 0.6) is 5.75 Å². The number of ether oxygens (including phenoxy) is 2. The summed E-state index contributed by atoms with van der Waals surface area (Å²) < 4.78 is 11.3. The number of likely N-dealkylation sites (N-methyl/N-ethyl adjacent to an activating group) is 1. The zero-order valence-corrected chi connectivity index (χ0v) is 12.1. The van der Waals surface area contributed by atoms with E-state index in [4.69, 9.17) is 9.47 Å². The minimum absolute atomic E-state index is 0.106. The molecule has 0 radical (unpaired) electrons. The van der Waals surface area contributed by atoms with Gasteiger partial charge in [-0.25, -0.2) is 0 Å². The zero-order valence-electron chi connectivity index (χ0n) is 12.1. The Labute approximate surface area is 115 Å². The van der Waals surface area contributed by atoms with Gasteiger partial charge in [-0.1, -0.05) is 19.1 Å². The van der Waals surface area contributed by atoms with Crippen molar-refractivity contribution < 1.29 is 14.6 Å². The van der Waals surface area contributed by atoms with Crippen LogP contribution in [-0.4, -0.2) is 37.2 Å². The molecule has 0 saturated heterocycles. The summed E-state index contributed by atoms with van der Waals surface area (Å²) >= 11 is 0. The van der Waals surface area contributed by atoms with Crippen LogP contribution in [0.25, 0.3) is 0 Å². The number of nitrogens with one attached hydrogen (secondary N) is 1. The summed E-state index contributed by atoms with van der Waals surface area (Å²) in [6.07, 6.45) is 0.558. The van der Waals surface area contributed by atoms with E-state index in [2.05, 4.69) is 12.2 Å². The molecule has 1 rings (SSSR count). The van der Waals surface area contributed by atoms with Crippen molar-refractivity contribution in [1.82, 2.24) is 5.32 Å². The quantitative estimate of drug-likeness (QED) is 0.674. The van der Waals surface area contributed by atoms with Crippen LogP contribution in [0.1, 0.15) is 26.3 Å². The number of rotatable bonds is 9. The fraction of sp³-hybridized carbons (Fsp3) is 0.600. The predicted octanol–water partition coefficient (Wildman–Crippen LogP) is 2.31. The first-order valence-corrected chi connectivity index (χ1v) is 6.95. The maximum absolute atomic E-state index is 9.31. The smallest absolute Gasteiger partial charge is 0.172 e. The van der Waals surface area contributed by atoms with Gasteiger partial charge in [0.05, 0.1) is 6.04 Å². The van der Waals surface area contributed by atoms with Gasteiger partial charge in [0.2, 0.25) is 0 Å². The Morgan fingerprint density at radius 2 is 1.63 bits per heavy atom. The Hall–Kier alpha value is -1.10. The Bertz CT molecular complexity index is 334. The second-order valence-corrected chi connectivity index (χ2v) is 4.31. The maximum atomic E-state index is 9.31. The third kappa shape index (κ3) is 5.59. The van der Waals surface area contributed by atoms with Gasteiger partial charge in [0.1, 0.15) is 5.75 Å². The molecule has 1 unspecified atom stereocenters. The van der Waals surface area contributed by atoms with E-state index in [1.807, 2.05) is 26.0 Å². The molecule has 4 heteroatoms. The molecule has 0 bridgehead atoms. The van der Waals surface area contributed by atoms with E-state index < -0.39 is 0 Å². The van der Waals surface area contributed by atoms with Crippen LogP contribution in [0.4, 0.5) is 0 Å². The number of hydrogen-bond donors (Lipinski definition) is 2. The minimum atomic E-state index is -0.247. The fourth-order valence-corrected chi connectivity index (χ4v) is 2.02. The first kappa shape index (κ1) is 16.0. The number of aromatic hydroxyl groups is 1. The number of hydrogen-bond acceptors (Lipinski definition) is 4. The predicted molar refractivity (Wildman–Crippen MR) is 76.3 cm³/mol. The maximum Gasteiger partial charge on any atom is 0.172 e. The molecule has 19 heavy (non-hydrogen) atoms. The number of phenols is 1. The van der Waals surface area contributed by atoms with Crippen LogP contribution in [0.3, 0.4) is 0 Å². The molecule has 0 heterocycles. The minimum Gasteiger partial charge on any atom is -0.508 e. The van der Waals surface area contributed by atoms with Crippen LogP contribution in [0, 0.1) is 0 Å². The van der Waals surface area contributed by atoms with E-state index in [1.54, 1.807) is 12.1 Å². The van der Waals surface area contributed by atoms with E-state index in [0.717, 1.165) is 18.5 Å². The van der Waals surface area contributed by atoms with Crippen molar-refractivity contribution >= 4 is 0 Å². The van der Waals surface area contributed by atoms with Crippen molar-refractivity contribution in [1.29, 1.82) is 0 Å². The summed E-state index contributed by atoms with van der Waals surface area (Å²) in [4.78, 5) is 0. The normalized spacial score (nSPS) is 12.8. The van der Waals surface area contributed by atoms with Gasteiger partial charge < -0.3 is 19.9 Å². The van der Waals surface area contributed by atoms with E-state index in [0.29, 0.717) is 13.2 Å². The standard InChI is InChI=1S/C15H25NO3/c1-4-16-14(15(18-5-2)19-6-3)11-12-7-9-13(17)10-8-12/h7-10,14-17H,4-6,11H2,1-3H3. The largest absolute Gasteiger partial charge is 0.508 e. The van der Waals surface area contributed by atoms with Crippen molar-refractivity contribution in [3.63, 3.8) is 0 Å². The molecule has 0 aliphatic carbocycles. The summed E-state index contributed by atoms with van der Waals surface area (Å²) in [6, 6.07) is 7.36. The van der Waals surface area contributed by atoms with Gasteiger partial charge in [-0.3, -0.25) is 0 Å². The van der Waals surface area contributed by atoms with Crippen molar-refractivity contribution in [2.45, 2.75) is 39.5 Å². The van der Waals surface area contributed by atoms with Crippen LogP contribution >= 0.6 is 0 Å². The molecule has 0 aromatic heterocycles. The van der Waals surface area contributed by atoms with Gasteiger partial charge in [0.15, 0.2) is 6.29 Å². The molecule has 108 valence electrons. The Balaban J connectivity index is 2.71. The first-order chi connectivity index (χ1) is 9.21. The molecule has 4 nitrogen and oxygen atoms in total. The Morgan fingerprint density at radius 1 is 1.05 bits per heavy atom. The third-order valence-corrected chi connectivity index (χ3v) is 2.85. The number of benzene rings is 1. The summed E-state index contributed by atoms with van der Waals surface area (Å²) in [5.74, 6) is 0.287. The Morgan fingerprint density at radius 3 is 2.11 bits per heavy atom. The van der Waals surface area contributed by atoms with Crippen LogP contribution in [0.2, 0.25) is 0 Å².